The quantitative estimate of drug-likeness (QED) is 0.667. The molecule has 4 nitrogen and oxygen atoms in total. The van der Waals surface area contributed by atoms with E-state index in [1.165, 1.54) is 12.3 Å². The lowest BCUT2D eigenvalue weighted by molar-refractivity contribution is 0.0693. The van der Waals surface area contributed by atoms with Gasteiger partial charge in [-0.1, -0.05) is 0 Å². The number of hydrogen-bond acceptors (Lipinski definition) is 3. The van der Waals surface area contributed by atoms with Crippen molar-refractivity contribution in [3.63, 3.8) is 0 Å². The van der Waals surface area contributed by atoms with Crippen LogP contribution >= 0.6 is 0 Å². The molecule has 60 valence electrons. The second kappa shape index (κ2) is 2.75. The molecule has 0 aliphatic rings. The normalized spacial score (nSPS) is 12.9. The highest BCUT2D eigenvalue weighted by Crippen LogP contribution is 2.16. The molecule has 0 saturated carbocycles. The molecule has 0 aliphatic heterocycles. The monoisotopic (exact) mass is 155 g/mol. The molecule has 1 unspecified atom stereocenters. The third-order valence-corrected chi connectivity index (χ3v) is 1.34. The van der Waals surface area contributed by atoms with Crippen molar-refractivity contribution in [3.8, 4) is 0 Å². The number of aromatic carboxylic acids is 1. The van der Waals surface area contributed by atoms with E-state index in [2.05, 4.69) is 0 Å². The molecule has 1 rings (SSSR count). The van der Waals surface area contributed by atoms with Gasteiger partial charge in [-0.25, -0.2) is 4.79 Å². The Bertz CT molecular complexity index is 264. The first-order valence-electron chi connectivity index (χ1n) is 3.19. The Morgan fingerprint density at radius 1 is 1.82 bits per heavy atom. The van der Waals surface area contributed by atoms with Crippen LogP contribution in [0, 0.1) is 0 Å². The molecule has 4 heteroatoms. The zero-order valence-electron chi connectivity index (χ0n) is 6.07. The summed E-state index contributed by atoms with van der Waals surface area (Å²) < 4.78 is 4.88. The molecule has 0 saturated heterocycles. The first kappa shape index (κ1) is 7.81. The number of furan rings is 1. The summed E-state index contributed by atoms with van der Waals surface area (Å²) in [6, 6.07) is 1.01. The molecule has 0 aromatic carbocycles. The van der Waals surface area contributed by atoms with Crippen molar-refractivity contribution in [2.45, 2.75) is 13.0 Å². The van der Waals surface area contributed by atoms with Crippen LogP contribution in [0.25, 0.3) is 0 Å². The lowest BCUT2D eigenvalue weighted by Crippen LogP contribution is -2.08. The number of nitrogens with two attached hydrogens (primary N) is 1. The van der Waals surface area contributed by atoms with E-state index < -0.39 is 5.97 Å². The first-order valence-corrected chi connectivity index (χ1v) is 3.19. The SMILES string of the molecule is CC(N)c1occc1C(=O)O. The van der Waals surface area contributed by atoms with E-state index >= 15 is 0 Å². The highest BCUT2D eigenvalue weighted by Gasteiger charge is 2.15. The Hall–Kier alpha value is -1.29. The summed E-state index contributed by atoms with van der Waals surface area (Å²) in [5.74, 6) is -0.691. The van der Waals surface area contributed by atoms with Gasteiger partial charge in [-0.15, -0.1) is 0 Å². The number of carbonyl (C=O) groups is 1. The zero-order chi connectivity index (χ0) is 8.43. The maximum absolute atomic E-state index is 10.5. The molecule has 1 atom stereocenters. The van der Waals surface area contributed by atoms with Crippen LogP contribution < -0.4 is 5.73 Å². The molecule has 0 bridgehead atoms. The number of carboxylic acid groups (broad SMARTS) is 1. The predicted octanol–water partition coefficient (Wildman–Crippen LogP) is 0.998. The van der Waals surface area contributed by atoms with Crippen molar-refractivity contribution in [1.82, 2.24) is 0 Å². The van der Waals surface area contributed by atoms with Gasteiger partial charge in [0.05, 0.1) is 12.3 Å². The van der Waals surface area contributed by atoms with Gasteiger partial charge in [-0.2, -0.15) is 0 Å². The van der Waals surface area contributed by atoms with Gasteiger partial charge in [0.25, 0.3) is 0 Å². The van der Waals surface area contributed by atoms with Gasteiger partial charge < -0.3 is 15.3 Å². The first-order chi connectivity index (χ1) is 5.13. The van der Waals surface area contributed by atoms with E-state index in [-0.39, 0.29) is 11.6 Å². The summed E-state index contributed by atoms with van der Waals surface area (Å²) in [6.45, 7) is 1.67. The maximum Gasteiger partial charge on any atom is 0.339 e. The Balaban J connectivity index is 3.06. The van der Waals surface area contributed by atoms with Gasteiger partial charge in [-0.05, 0) is 13.0 Å². The molecular formula is C7H9NO3. The Labute approximate surface area is 63.6 Å². The van der Waals surface area contributed by atoms with Gasteiger partial charge in [0.1, 0.15) is 11.3 Å². The van der Waals surface area contributed by atoms with Crippen LogP contribution in [-0.2, 0) is 0 Å². The average Bonchev–Trinajstić information content (AvgIpc) is 2.32. The van der Waals surface area contributed by atoms with Crippen LogP contribution in [0.1, 0.15) is 29.1 Å². The third kappa shape index (κ3) is 1.40. The van der Waals surface area contributed by atoms with E-state index in [0.717, 1.165) is 0 Å². The fraction of sp³-hybridized carbons (Fsp3) is 0.286. The summed E-state index contributed by atoms with van der Waals surface area (Å²) in [4.78, 5) is 10.5. The second-order valence-electron chi connectivity index (χ2n) is 2.29. The van der Waals surface area contributed by atoms with Crippen molar-refractivity contribution in [3.05, 3.63) is 23.7 Å². The van der Waals surface area contributed by atoms with Crippen LogP contribution in [0.2, 0.25) is 0 Å². The minimum absolute atomic E-state index is 0.139. The van der Waals surface area contributed by atoms with Gasteiger partial charge in [0.15, 0.2) is 0 Å². The van der Waals surface area contributed by atoms with Gasteiger partial charge in [0.2, 0.25) is 0 Å². The standard InChI is InChI=1S/C7H9NO3/c1-4(8)6-5(7(9)10)2-3-11-6/h2-4H,8H2,1H3,(H,9,10). The topological polar surface area (TPSA) is 76.5 Å². The van der Waals surface area contributed by atoms with Crippen molar-refractivity contribution < 1.29 is 14.3 Å². The third-order valence-electron chi connectivity index (χ3n) is 1.34. The van der Waals surface area contributed by atoms with Crippen LogP contribution in [0.15, 0.2) is 16.7 Å². The van der Waals surface area contributed by atoms with E-state index in [0.29, 0.717) is 5.76 Å². The number of carboxylic acids is 1. The second-order valence-corrected chi connectivity index (χ2v) is 2.29. The van der Waals surface area contributed by atoms with Crippen LogP contribution in [-0.4, -0.2) is 11.1 Å². The molecule has 1 aromatic heterocycles. The number of rotatable bonds is 2. The molecule has 0 radical (unpaired) electrons. The zero-order valence-corrected chi connectivity index (χ0v) is 6.07. The van der Waals surface area contributed by atoms with Crippen LogP contribution in [0.3, 0.4) is 0 Å². The minimum Gasteiger partial charge on any atom is -0.478 e. The smallest absolute Gasteiger partial charge is 0.339 e. The molecule has 0 spiro atoms. The fourth-order valence-corrected chi connectivity index (χ4v) is 0.850. The highest BCUT2D eigenvalue weighted by molar-refractivity contribution is 5.88. The van der Waals surface area contributed by atoms with Crippen LogP contribution in [0.5, 0.6) is 0 Å². The molecule has 1 aromatic rings. The summed E-state index contributed by atoms with van der Waals surface area (Å²) in [6.07, 6.45) is 1.32. The summed E-state index contributed by atoms with van der Waals surface area (Å²) >= 11 is 0. The molecule has 0 amide bonds. The minimum atomic E-state index is -1.01. The van der Waals surface area contributed by atoms with Gasteiger partial charge >= 0.3 is 5.97 Å². The fourth-order valence-electron chi connectivity index (χ4n) is 0.850. The number of hydrogen-bond donors (Lipinski definition) is 2. The summed E-state index contributed by atoms with van der Waals surface area (Å²) in [7, 11) is 0. The van der Waals surface area contributed by atoms with Crippen molar-refractivity contribution in [2.24, 2.45) is 5.73 Å². The Morgan fingerprint density at radius 3 is 2.82 bits per heavy atom. The van der Waals surface area contributed by atoms with E-state index in [1.807, 2.05) is 0 Å². The van der Waals surface area contributed by atoms with E-state index in [9.17, 15) is 4.79 Å². The molecule has 11 heavy (non-hydrogen) atoms. The Morgan fingerprint density at radius 2 is 2.45 bits per heavy atom. The highest BCUT2D eigenvalue weighted by atomic mass is 16.4. The average molecular weight is 155 g/mol. The van der Waals surface area contributed by atoms with Gasteiger partial charge in [-0.3, -0.25) is 0 Å². The largest absolute Gasteiger partial charge is 0.478 e. The molecule has 3 N–H and O–H groups in total. The maximum atomic E-state index is 10.5. The van der Waals surface area contributed by atoms with Crippen molar-refractivity contribution in [2.75, 3.05) is 0 Å². The molecule has 1 heterocycles. The lowest BCUT2D eigenvalue weighted by atomic mass is 10.2. The Kier molecular flexibility index (Phi) is 1.96. The van der Waals surface area contributed by atoms with Crippen molar-refractivity contribution >= 4 is 5.97 Å². The molecular weight excluding hydrogens is 146 g/mol. The van der Waals surface area contributed by atoms with Gasteiger partial charge in [0, 0.05) is 0 Å². The van der Waals surface area contributed by atoms with Crippen LogP contribution in [0.4, 0.5) is 0 Å². The van der Waals surface area contributed by atoms with E-state index in [4.69, 9.17) is 15.3 Å². The molecule has 0 aliphatic carbocycles. The summed E-state index contributed by atoms with van der Waals surface area (Å²) in [5, 5.41) is 8.59. The predicted molar refractivity (Wildman–Crippen MR) is 38.3 cm³/mol. The summed E-state index contributed by atoms with van der Waals surface area (Å²) in [5.41, 5.74) is 5.58. The lowest BCUT2D eigenvalue weighted by Gasteiger charge is -2.00. The van der Waals surface area contributed by atoms with E-state index in [1.54, 1.807) is 6.92 Å². The van der Waals surface area contributed by atoms with Crippen molar-refractivity contribution in [1.29, 1.82) is 0 Å². The molecule has 0 fully saturated rings.